The van der Waals surface area contributed by atoms with Crippen LogP contribution in [0, 0.1) is 6.92 Å². The van der Waals surface area contributed by atoms with Crippen LogP contribution in [0.4, 0.5) is 4.39 Å². The average Bonchev–Trinajstić information content (AvgIpc) is 2.69. The van der Waals surface area contributed by atoms with E-state index in [0.29, 0.717) is 0 Å². The normalized spacial score (nSPS) is 22.1. The molecule has 2 heterocycles. The number of halogens is 1. The molecular formula is C12H17FN2. The smallest absolute Gasteiger partial charge is 0.105 e. The Balaban J connectivity index is 1.99. The van der Waals surface area contributed by atoms with Crippen LogP contribution in [0.2, 0.25) is 0 Å². The first kappa shape index (κ1) is 10.6. The zero-order chi connectivity index (χ0) is 10.7. The number of pyridine rings is 1. The van der Waals surface area contributed by atoms with E-state index in [-0.39, 0.29) is 12.7 Å². The third-order valence-corrected chi connectivity index (χ3v) is 3.01. The summed E-state index contributed by atoms with van der Waals surface area (Å²) in [6.45, 7) is 3.59. The highest BCUT2D eigenvalue weighted by Gasteiger charge is 2.24. The molecule has 0 bridgehead atoms. The van der Waals surface area contributed by atoms with Gasteiger partial charge < -0.3 is 0 Å². The second-order valence-corrected chi connectivity index (χ2v) is 4.25. The second-order valence-electron chi connectivity index (χ2n) is 4.25. The lowest BCUT2D eigenvalue weighted by molar-refractivity contribution is 0.205. The lowest BCUT2D eigenvalue weighted by Gasteiger charge is -2.21. The Kier molecular flexibility index (Phi) is 3.31. The van der Waals surface area contributed by atoms with Crippen molar-refractivity contribution in [2.75, 3.05) is 13.2 Å². The van der Waals surface area contributed by atoms with Gasteiger partial charge in [0.15, 0.2) is 0 Å². The summed E-state index contributed by atoms with van der Waals surface area (Å²) >= 11 is 0. The van der Waals surface area contributed by atoms with Crippen molar-refractivity contribution >= 4 is 0 Å². The quantitative estimate of drug-likeness (QED) is 0.758. The highest BCUT2D eigenvalue weighted by Crippen LogP contribution is 2.19. The lowest BCUT2D eigenvalue weighted by atomic mass is 10.2. The summed E-state index contributed by atoms with van der Waals surface area (Å²) in [7, 11) is 0. The summed E-state index contributed by atoms with van der Waals surface area (Å²) < 4.78 is 12.7. The minimum Gasteiger partial charge on any atom is -0.292 e. The number of alkyl halides is 1. The molecule has 1 aromatic heterocycles. The van der Waals surface area contributed by atoms with Crippen LogP contribution in [0.15, 0.2) is 18.3 Å². The van der Waals surface area contributed by atoms with E-state index >= 15 is 0 Å². The van der Waals surface area contributed by atoms with E-state index in [9.17, 15) is 4.39 Å². The van der Waals surface area contributed by atoms with Gasteiger partial charge >= 0.3 is 0 Å². The van der Waals surface area contributed by atoms with Crippen LogP contribution in [0.5, 0.6) is 0 Å². The minimum absolute atomic E-state index is 0.119. The van der Waals surface area contributed by atoms with Crippen molar-refractivity contribution in [2.24, 2.45) is 0 Å². The second kappa shape index (κ2) is 4.71. The Morgan fingerprint density at radius 1 is 1.53 bits per heavy atom. The highest BCUT2D eigenvalue weighted by molar-refractivity contribution is 5.12. The fourth-order valence-corrected chi connectivity index (χ4v) is 2.08. The number of likely N-dealkylation sites (tertiary alicyclic amines) is 1. The SMILES string of the molecule is Cc1ccc(CN2CCC[C@@H]2CF)nc1. The van der Waals surface area contributed by atoms with Gasteiger partial charge in [-0.15, -0.1) is 0 Å². The van der Waals surface area contributed by atoms with Crippen molar-refractivity contribution in [3.63, 3.8) is 0 Å². The van der Waals surface area contributed by atoms with E-state index in [1.165, 1.54) is 5.56 Å². The molecule has 1 saturated heterocycles. The van der Waals surface area contributed by atoms with E-state index in [2.05, 4.69) is 16.0 Å². The summed E-state index contributed by atoms with van der Waals surface area (Å²) in [5.41, 5.74) is 2.21. The third-order valence-electron chi connectivity index (χ3n) is 3.01. The maximum atomic E-state index is 12.7. The molecule has 2 nitrogen and oxygen atoms in total. The van der Waals surface area contributed by atoms with Gasteiger partial charge in [-0.05, 0) is 37.9 Å². The van der Waals surface area contributed by atoms with Gasteiger partial charge in [0.05, 0.1) is 5.69 Å². The molecular weight excluding hydrogens is 191 g/mol. The number of hydrogen-bond donors (Lipinski definition) is 0. The van der Waals surface area contributed by atoms with Crippen molar-refractivity contribution in [1.29, 1.82) is 0 Å². The van der Waals surface area contributed by atoms with E-state index in [4.69, 9.17) is 0 Å². The molecule has 0 aromatic carbocycles. The molecule has 2 rings (SSSR count). The molecule has 15 heavy (non-hydrogen) atoms. The third kappa shape index (κ3) is 2.53. The molecule has 1 aromatic rings. The first-order chi connectivity index (χ1) is 7.29. The number of aryl methyl sites for hydroxylation is 1. The average molecular weight is 208 g/mol. The largest absolute Gasteiger partial charge is 0.292 e. The Hall–Kier alpha value is -0.960. The number of nitrogens with zero attached hydrogens (tertiary/aromatic N) is 2. The fourth-order valence-electron chi connectivity index (χ4n) is 2.08. The van der Waals surface area contributed by atoms with Gasteiger partial charge in [-0.3, -0.25) is 9.88 Å². The zero-order valence-electron chi connectivity index (χ0n) is 9.12. The summed E-state index contributed by atoms with van der Waals surface area (Å²) in [6.07, 6.45) is 3.97. The van der Waals surface area contributed by atoms with Gasteiger partial charge in [-0.1, -0.05) is 6.07 Å². The Morgan fingerprint density at radius 3 is 3.07 bits per heavy atom. The maximum Gasteiger partial charge on any atom is 0.105 e. The van der Waals surface area contributed by atoms with Crippen LogP contribution >= 0.6 is 0 Å². The topological polar surface area (TPSA) is 16.1 Å². The molecule has 1 fully saturated rings. The molecule has 1 aliphatic rings. The van der Waals surface area contributed by atoms with Gasteiger partial charge in [0.25, 0.3) is 0 Å². The van der Waals surface area contributed by atoms with Gasteiger partial charge in [-0.25, -0.2) is 4.39 Å². The summed E-state index contributed by atoms with van der Waals surface area (Å²) in [5.74, 6) is 0. The van der Waals surface area contributed by atoms with E-state index in [1.54, 1.807) is 0 Å². The minimum atomic E-state index is -0.230. The van der Waals surface area contributed by atoms with Crippen LogP contribution in [-0.4, -0.2) is 29.1 Å². The van der Waals surface area contributed by atoms with E-state index in [0.717, 1.165) is 31.6 Å². The summed E-state index contributed by atoms with van der Waals surface area (Å²) in [4.78, 5) is 6.54. The molecule has 82 valence electrons. The molecule has 0 amide bonds. The highest BCUT2D eigenvalue weighted by atomic mass is 19.1. The first-order valence-electron chi connectivity index (χ1n) is 5.51. The van der Waals surface area contributed by atoms with Crippen LogP contribution in [0.25, 0.3) is 0 Å². The van der Waals surface area contributed by atoms with Gasteiger partial charge in [0.2, 0.25) is 0 Å². The van der Waals surface area contributed by atoms with Gasteiger partial charge in [0, 0.05) is 18.8 Å². The zero-order valence-corrected chi connectivity index (χ0v) is 9.12. The Bertz CT molecular complexity index is 310. The molecule has 3 heteroatoms. The van der Waals surface area contributed by atoms with E-state index < -0.39 is 0 Å². The molecule has 0 N–H and O–H groups in total. The molecule has 0 radical (unpaired) electrons. The molecule has 1 atom stereocenters. The van der Waals surface area contributed by atoms with Crippen LogP contribution in [-0.2, 0) is 6.54 Å². The predicted molar refractivity (Wildman–Crippen MR) is 58.4 cm³/mol. The summed E-state index contributed by atoms with van der Waals surface area (Å²) in [5, 5.41) is 0. The van der Waals surface area contributed by atoms with Crippen molar-refractivity contribution in [3.8, 4) is 0 Å². The molecule has 0 unspecified atom stereocenters. The molecule has 0 spiro atoms. The molecule has 1 aliphatic heterocycles. The maximum absolute atomic E-state index is 12.7. The number of aromatic nitrogens is 1. The molecule has 0 saturated carbocycles. The number of hydrogen-bond acceptors (Lipinski definition) is 2. The van der Waals surface area contributed by atoms with Crippen molar-refractivity contribution < 1.29 is 4.39 Å². The van der Waals surface area contributed by atoms with Crippen molar-refractivity contribution in [1.82, 2.24) is 9.88 Å². The monoisotopic (exact) mass is 208 g/mol. The Labute approximate surface area is 90.1 Å². The summed E-state index contributed by atoms with van der Waals surface area (Å²) in [6, 6.07) is 4.21. The van der Waals surface area contributed by atoms with Crippen LogP contribution < -0.4 is 0 Å². The van der Waals surface area contributed by atoms with Crippen LogP contribution in [0.3, 0.4) is 0 Å². The number of rotatable bonds is 3. The first-order valence-corrected chi connectivity index (χ1v) is 5.51. The fraction of sp³-hybridized carbons (Fsp3) is 0.583. The Morgan fingerprint density at radius 2 is 2.40 bits per heavy atom. The van der Waals surface area contributed by atoms with Gasteiger partial charge in [-0.2, -0.15) is 0 Å². The molecule has 0 aliphatic carbocycles. The van der Waals surface area contributed by atoms with Crippen LogP contribution in [0.1, 0.15) is 24.1 Å². The lowest BCUT2D eigenvalue weighted by Crippen LogP contribution is -2.30. The van der Waals surface area contributed by atoms with Gasteiger partial charge in [0.1, 0.15) is 6.67 Å². The van der Waals surface area contributed by atoms with Crippen molar-refractivity contribution in [2.45, 2.75) is 32.4 Å². The van der Waals surface area contributed by atoms with Crippen molar-refractivity contribution in [3.05, 3.63) is 29.6 Å². The predicted octanol–water partition coefficient (Wildman–Crippen LogP) is 2.32. The standard InChI is InChI=1S/C12H17FN2/c1-10-4-5-11(14-8-10)9-15-6-2-3-12(15)7-13/h4-5,8,12H,2-3,6-7,9H2,1H3/t12-/m1/s1. The van der Waals surface area contributed by atoms with E-state index in [1.807, 2.05) is 19.2 Å².